The predicted molar refractivity (Wildman–Crippen MR) is 113 cm³/mol. The van der Waals surface area contributed by atoms with Crippen molar-refractivity contribution < 1.29 is 0 Å². The fraction of sp³-hybridized carbons (Fsp3) is 0.0952. The van der Waals surface area contributed by atoms with Crippen molar-refractivity contribution in [2.24, 2.45) is 5.73 Å². The van der Waals surface area contributed by atoms with Crippen molar-refractivity contribution in [3.8, 4) is 16.9 Å². The number of hydrogen-bond donors (Lipinski definition) is 1. The highest BCUT2D eigenvalue weighted by Crippen LogP contribution is 2.32. The maximum atomic E-state index is 12.8. The number of para-hydroxylation sites is 1. The minimum absolute atomic E-state index is 0.233. The van der Waals surface area contributed by atoms with Crippen molar-refractivity contribution in [3.05, 3.63) is 86.9 Å². The third kappa shape index (κ3) is 3.29. The second-order valence-electron chi connectivity index (χ2n) is 6.20. The maximum absolute atomic E-state index is 12.8. The molecule has 140 valence electrons. The Bertz CT molecular complexity index is 1240. The molecule has 2 aromatic heterocycles. The zero-order valence-electron chi connectivity index (χ0n) is 14.8. The molecule has 28 heavy (non-hydrogen) atoms. The standard InChI is InChI=1S/C21H16Cl2N4O/c22-15-6-2-1-5-13(15)20-14-9-10-19(28)27(17-8-4-3-7-16(17)23)21(14)26-18(25-20)11-12-24/h1-10H,11-12,24H2. The van der Waals surface area contributed by atoms with Gasteiger partial charge in [-0.15, -0.1) is 0 Å². The number of benzene rings is 2. The lowest BCUT2D eigenvalue weighted by Crippen LogP contribution is -2.20. The Hall–Kier alpha value is -2.73. The van der Waals surface area contributed by atoms with Gasteiger partial charge < -0.3 is 5.73 Å². The van der Waals surface area contributed by atoms with Gasteiger partial charge in [-0.1, -0.05) is 53.5 Å². The van der Waals surface area contributed by atoms with Crippen LogP contribution in [0.5, 0.6) is 0 Å². The summed E-state index contributed by atoms with van der Waals surface area (Å²) in [5.74, 6) is 0.538. The smallest absolute Gasteiger partial charge is 0.256 e. The number of halogens is 2. The molecule has 4 aromatic rings. The predicted octanol–water partition coefficient (Wildman–Crippen LogP) is 4.26. The van der Waals surface area contributed by atoms with E-state index in [4.69, 9.17) is 28.9 Å². The van der Waals surface area contributed by atoms with Gasteiger partial charge in [0.2, 0.25) is 0 Å². The van der Waals surface area contributed by atoms with Gasteiger partial charge >= 0.3 is 0 Å². The van der Waals surface area contributed by atoms with E-state index in [-0.39, 0.29) is 5.56 Å². The summed E-state index contributed by atoms with van der Waals surface area (Å²) in [6.07, 6.45) is 0.471. The molecule has 4 rings (SSSR count). The van der Waals surface area contributed by atoms with Gasteiger partial charge in [0.1, 0.15) is 5.82 Å². The van der Waals surface area contributed by atoms with Crippen molar-refractivity contribution in [2.75, 3.05) is 6.54 Å². The highest BCUT2D eigenvalue weighted by molar-refractivity contribution is 6.33. The van der Waals surface area contributed by atoms with E-state index in [2.05, 4.69) is 9.97 Å². The Kier molecular flexibility index (Phi) is 5.13. The van der Waals surface area contributed by atoms with Gasteiger partial charge in [0.15, 0.2) is 5.65 Å². The molecule has 0 atom stereocenters. The fourth-order valence-electron chi connectivity index (χ4n) is 3.13. The molecule has 2 aromatic carbocycles. The molecule has 0 amide bonds. The zero-order chi connectivity index (χ0) is 19.7. The molecule has 0 fully saturated rings. The largest absolute Gasteiger partial charge is 0.330 e. The minimum Gasteiger partial charge on any atom is -0.330 e. The van der Waals surface area contributed by atoms with Gasteiger partial charge in [0, 0.05) is 28.5 Å². The normalized spacial score (nSPS) is 11.1. The number of rotatable bonds is 4. The van der Waals surface area contributed by atoms with Gasteiger partial charge in [0.25, 0.3) is 5.56 Å². The van der Waals surface area contributed by atoms with Crippen LogP contribution in [0.25, 0.3) is 28.0 Å². The molecule has 0 radical (unpaired) electrons. The first-order valence-corrected chi connectivity index (χ1v) is 9.48. The van der Waals surface area contributed by atoms with E-state index in [9.17, 15) is 4.79 Å². The van der Waals surface area contributed by atoms with Crippen LogP contribution in [-0.2, 0) is 6.42 Å². The van der Waals surface area contributed by atoms with Crippen LogP contribution in [0, 0.1) is 0 Å². The molecule has 0 saturated carbocycles. The molecule has 5 nitrogen and oxygen atoms in total. The first kappa shape index (κ1) is 18.6. The van der Waals surface area contributed by atoms with Gasteiger partial charge in [-0.2, -0.15) is 0 Å². The molecule has 0 aliphatic rings. The average molecular weight is 411 g/mol. The number of nitrogens with two attached hydrogens (primary N) is 1. The Morgan fingerprint density at radius 3 is 2.32 bits per heavy atom. The van der Waals surface area contributed by atoms with Crippen LogP contribution < -0.4 is 11.3 Å². The number of pyridine rings is 1. The second kappa shape index (κ2) is 7.72. The quantitative estimate of drug-likeness (QED) is 0.545. The van der Waals surface area contributed by atoms with Crippen molar-refractivity contribution >= 4 is 34.2 Å². The lowest BCUT2D eigenvalue weighted by Gasteiger charge is -2.15. The summed E-state index contributed by atoms with van der Waals surface area (Å²) in [6.45, 7) is 0.386. The van der Waals surface area contributed by atoms with Crippen LogP contribution in [-0.4, -0.2) is 21.1 Å². The summed E-state index contributed by atoms with van der Waals surface area (Å²) in [5.41, 5.74) is 7.94. The lowest BCUT2D eigenvalue weighted by molar-refractivity contribution is 0.867. The molecule has 0 saturated heterocycles. The van der Waals surface area contributed by atoms with E-state index in [1.54, 1.807) is 24.3 Å². The van der Waals surface area contributed by atoms with Crippen LogP contribution >= 0.6 is 23.2 Å². The number of nitrogens with zero attached hydrogens (tertiary/aromatic N) is 3. The molecule has 0 bridgehead atoms. The first-order valence-electron chi connectivity index (χ1n) is 8.72. The van der Waals surface area contributed by atoms with Crippen LogP contribution in [0.4, 0.5) is 0 Å². The van der Waals surface area contributed by atoms with Crippen molar-refractivity contribution in [1.82, 2.24) is 14.5 Å². The van der Waals surface area contributed by atoms with E-state index in [1.165, 1.54) is 10.6 Å². The van der Waals surface area contributed by atoms with Crippen molar-refractivity contribution in [1.29, 1.82) is 0 Å². The van der Waals surface area contributed by atoms with Crippen molar-refractivity contribution in [3.63, 3.8) is 0 Å². The molecule has 0 spiro atoms. The van der Waals surface area contributed by atoms with Gasteiger partial charge in [-0.25, -0.2) is 9.97 Å². The molecular formula is C21H16Cl2N4O. The topological polar surface area (TPSA) is 73.8 Å². The number of aromatic nitrogens is 3. The van der Waals surface area contributed by atoms with E-state index in [1.807, 2.05) is 30.3 Å². The first-order chi connectivity index (χ1) is 13.6. The summed E-state index contributed by atoms with van der Waals surface area (Å²) in [4.78, 5) is 22.1. The van der Waals surface area contributed by atoms with E-state index >= 15 is 0 Å². The number of hydrogen-bond acceptors (Lipinski definition) is 4. The fourth-order valence-corrected chi connectivity index (χ4v) is 3.57. The van der Waals surface area contributed by atoms with Gasteiger partial charge in [-0.3, -0.25) is 9.36 Å². The molecular weight excluding hydrogens is 395 g/mol. The Balaban J connectivity index is 2.13. The Labute approximate surface area is 171 Å². The highest BCUT2D eigenvalue weighted by Gasteiger charge is 2.17. The third-order valence-corrected chi connectivity index (χ3v) is 5.04. The van der Waals surface area contributed by atoms with E-state index in [0.29, 0.717) is 51.2 Å². The summed E-state index contributed by atoms with van der Waals surface area (Å²) in [5, 5.41) is 1.72. The molecule has 0 aliphatic carbocycles. The summed E-state index contributed by atoms with van der Waals surface area (Å²) in [7, 11) is 0. The Morgan fingerprint density at radius 2 is 1.61 bits per heavy atom. The lowest BCUT2D eigenvalue weighted by atomic mass is 10.1. The summed E-state index contributed by atoms with van der Waals surface area (Å²) >= 11 is 12.8. The monoisotopic (exact) mass is 410 g/mol. The summed E-state index contributed by atoms with van der Waals surface area (Å²) < 4.78 is 1.50. The van der Waals surface area contributed by atoms with Crippen LogP contribution in [0.1, 0.15) is 5.82 Å². The molecule has 0 aliphatic heterocycles. The molecule has 2 N–H and O–H groups in total. The van der Waals surface area contributed by atoms with Crippen LogP contribution in [0.3, 0.4) is 0 Å². The van der Waals surface area contributed by atoms with Crippen molar-refractivity contribution in [2.45, 2.75) is 6.42 Å². The molecule has 0 unspecified atom stereocenters. The van der Waals surface area contributed by atoms with Gasteiger partial charge in [0.05, 0.1) is 16.4 Å². The maximum Gasteiger partial charge on any atom is 0.256 e. The average Bonchev–Trinajstić information content (AvgIpc) is 2.69. The van der Waals surface area contributed by atoms with Crippen LogP contribution in [0.15, 0.2) is 65.5 Å². The highest BCUT2D eigenvalue weighted by atomic mass is 35.5. The second-order valence-corrected chi connectivity index (χ2v) is 7.02. The number of fused-ring (bicyclic) bond motifs is 1. The van der Waals surface area contributed by atoms with Crippen LogP contribution in [0.2, 0.25) is 10.0 Å². The van der Waals surface area contributed by atoms with Gasteiger partial charge in [-0.05, 0) is 30.8 Å². The Morgan fingerprint density at radius 1 is 0.893 bits per heavy atom. The molecule has 2 heterocycles. The summed E-state index contributed by atoms with van der Waals surface area (Å²) in [6, 6.07) is 17.8. The molecule has 7 heteroatoms. The van der Waals surface area contributed by atoms with E-state index in [0.717, 1.165) is 5.56 Å². The van der Waals surface area contributed by atoms with E-state index < -0.39 is 0 Å². The SMILES string of the molecule is NCCc1nc(-c2ccccc2Cl)c2ccc(=O)n(-c3ccccc3Cl)c2n1. The minimum atomic E-state index is -0.233. The third-order valence-electron chi connectivity index (χ3n) is 4.39. The zero-order valence-corrected chi connectivity index (χ0v) is 16.3.